The number of halogens is 4. The number of hydrogen-bond donors (Lipinski definition) is 1. The number of carboxylic acids is 1. The van der Waals surface area contributed by atoms with Crippen molar-refractivity contribution >= 4 is 17.0 Å². The zero-order valence-electron chi connectivity index (χ0n) is 15.3. The highest BCUT2D eigenvalue weighted by molar-refractivity contribution is 5.88. The van der Waals surface area contributed by atoms with Gasteiger partial charge < -0.3 is 5.11 Å². The normalized spacial score (nSPS) is 11.7. The molecule has 0 aliphatic carbocycles. The number of benzene rings is 3. The third-order valence-electron chi connectivity index (χ3n) is 4.68. The van der Waals surface area contributed by atoms with Crippen LogP contribution in [0.3, 0.4) is 0 Å². The van der Waals surface area contributed by atoms with Crippen molar-refractivity contribution in [2.24, 2.45) is 0 Å². The zero-order valence-corrected chi connectivity index (χ0v) is 15.3. The van der Waals surface area contributed by atoms with Crippen molar-refractivity contribution in [3.63, 3.8) is 0 Å². The number of nitrogens with zero attached hydrogens (tertiary/aromatic N) is 2. The minimum absolute atomic E-state index is 0.0361. The molecule has 0 saturated heterocycles. The largest absolute Gasteiger partial charge is 0.478 e. The van der Waals surface area contributed by atoms with E-state index in [-0.39, 0.29) is 17.5 Å². The number of imidazole rings is 1. The van der Waals surface area contributed by atoms with Crippen LogP contribution in [-0.4, -0.2) is 20.6 Å². The van der Waals surface area contributed by atoms with E-state index in [0.717, 1.165) is 12.1 Å². The molecule has 0 bridgehead atoms. The van der Waals surface area contributed by atoms with E-state index in [4.69, 9.17) is 0 Å². The third kappa shape index (κ3) is 3.76. The molecule has 0 aliphatic heterocycles. The minimum atomic E-state index is -4.52. The lowest BCUT2D eigenvalue weighted by Crippen LogP contribution is -2.05. The molecule has 0 atom stereocenters. The van der Waals surface area contributed by atoms with Crippen LogP contribution in [0.1, 0.15) is 27.3 Å². The smallest absolute Gasteiger partial charge is 0.416 e. The zero-order chi connectivity index (χ0) is 21.5. The van der Waals surface area contributed by atoms with Crippen molar-refractivity contribution < 1.29 is 27.5 Å². The second-order valence-corrected chi connectivity index (χ2v) is 6.72. The Labute approximate surface area is 168 Å². The maximum absolute atomic E-state index is 13.2. The van der Waals surface area contributed by atoms with Gasteiger partial charge in [0.2, 0.25) is 0 Å². The summed E-state index contributed by atoms with van der Waals surface area (Å²) in [7, 11) is 0. The van der Waals surface area contributed by atoms with E-state index in [2.05, 4.69) is 4.98 Å². The van der Waals surface area contributed by atoms with Crippen LogP contribution in [0, 0.1) is 5.82 Å². The fraction of sp³-hybridized carbons (Fsp3) is 0.0909. The van der Waals surface area contributed by atoms with Crippen LogP contribution in [0.25, 0.3) is 16.7 Å². The van der Waals surface area contributed by atoms with Crippen molar-refractivity contribution in [1.82, 2.24) is 9.55 Å². The molecule has 30 heavy (non-hydrogen) atoms. The summed E-state index contributed by atoms with van der Waals surface area (Å²) in [6.07, 6.45) is -4.30. The van der Waals surface area contributed by atoms with Gasteiger partial charge in [0, 0.05) is 12.1 Å². The summed E-state index contributed by atoms with van der Waals surface area (Å²) in [5.41, 5.74) is 0.902. The molecule has 0 aliphatic rings. The summed E-state index contributed by atoms with van der Waals surface area (Å²) >= 11 is 0. The molecule has 0 saturated carbocycles. The molecule has 0 radical (unpaired) electrons. The molecule has 4 nitrogen and oxygen atoms in total. The van der Waals surface area contributed by atoms with Crippen LogP contribution in [0.4, 0.5) is 17.6 Å². The maximum Gasteiger partial charge on any atom is 0.416 e. The molecule has 4 aromatic rings. The van der Waals surface area contributed by atoms with Crippen molar-refractivity contribution in [3.05, 3.63) is 95.1 Å². The highest BCUT2D eigenvalue weighted by Crippen LogP contribution is 2.33. The van der Waals surface area contributed by atoms with E-state index >= 15 is 0 Å². The molecule has 3 aromatic carbocycles. The van der Waals surface area contributed by atoms with E-state index < -0.39 is 23.5 Å². The Morgan fingerprint density at radius 2 is 1.73 bits per heavy atom. The molecule has 1 heterocycles. The molecule has 1 aromatic heterocycles. The summed E-state index contributed by atoms with van der Waals surface area (Å²) in [4.78, 5) is 15.7. The molecule has 4 rings (SSSR count). The van der Waals surface area contributed by atoms with Gasteiger partial charge in [-0.15, -0.1) is 0 Å². The number of carboxylic acid groups (broad SMARTS) is 1. The minimum Gasteiger partial charge on any atom is -0.478 e. The van der Waals surface area contributed by atoms with Gasteiger partial charge in [-0.1, -0.05) is 18.2 Å². The van der Waals surface area contributed by atoms with Gasteiger partial charge in [0.15, 0.2) is 0 Å². The van der Waals surface area contributed by atoms with E-state index in [1.165, 1.54) is 30.3 Å². The lowest BCUT2D eigenvalue weighted by atomic mass is 10.1. The fourth-order valence-corrected chi connectivity index (χ4v) is 3.28. The first kappa shape index (κ1) is 19.6. The van der Waals surface area contributed by atoms with Gasteiger partial charge in [0.05, 0.1) is 22.2 Å². The Morgan fingerprint density at radius 3 is 2.40 bits per heavy atom. The van der Waals surface area contributed by atoms with Crippen molar-refractivity contribution in [2.75, 3.05) is 0 Å². The van der Waals surface area contributed by atoms with Gasteiger partial charge in [-0.3, -0.25) is 4.57 Å². The van der Waals surface area contributed by atoms with Crippen LogP contribution in [0.5, 0.6) is 0 Å². The predicted octanol–water partition coefficient (Wildman–Crippen LogP) is 5.47. The Hall–Kier alpha value is -3.68. The van der Waals surface area contributed by atoms with E-state index in [1.54, 1.807) is 28.8 Å². The number of alkyl halides is 3. The average molecular weight is 414 g/mol. The van der Waals surface area contributed by atoms with E-state index in [0.29, 0.717) is 22.6 Å². The van der Waals surface area contributed by atoms with Gasteiger partial charge in [-0.2, -0.15) is 13.2 Å². The van der Waals surface area contributed by atoms with Gasteiger partial charge in [-0.25, -0.2) is 14.2 Å². The molecule has 0 spiro atoms. The van der Waals surface area contributed by atoms with Crippen LogP contribution in [0.15, 0.2) is 66.7 Å². The summed E-state index contributed by atoms with van der Waals surface area (Å²) in [5.74, 6) is -1.13. The second-order valence-electron chi connectivity index (χ2n) is 6.72. The Morgan fingerprint density at radius 1 is 1.00 bits per heavy atom. The van der Waals surface area contributed by atoms with Crippen molar-refractivity contribution in [2.45, 2.75) is 12.6 Å². The summed E-state index contributed by atoms with van der Waals surface area (Å²) < 4.78 is 54.3. The van der Waals surface area contributed by atoms with Gasteiger partial charge in [0.25, 0.3) is 0 Å². The second kappa shape index (κ2) is 7.29. The fourth-order valence-electron chi connectivity index (χ4n) is 3.28. The lowest BCUT2D eigenvalue weighted by Gasteiger charge is -2.11. The SMILES string of the molecule is O=C(O)c1cccc(-n2c(Cc3ccc(F)cc3)nc3cc(C(F)(F)F)ccc32)c1. The summed E-state index contributed by atoms with van der Waals surface area (Å²) in [5, 5.41) is 9.29. The first-order chi connectivity index (χ1) is 14.2. The third-order valence-corrected chi connectivity index (χ3v) is 4.68. The van der Waals surface area contributed by atoms with E-state index in [1.807, 2.05) is 0 Å². The van der Waals surface area contributed by atoms with Crippen LogP contribution in [-0.2, 0) is 12.6 Å². The first-order valence-corrected chi connectivity index (χ1v) is 8.89. The number of rotatable bonds is 4. The molecule has 1 N–H and O–H groups in total. The predicted molar refractivity (Wildman–Crippen MR) is 102 cm³/mol. The Bertz CT molecular complexity index is 1240. The number of aromatic carboxylic acids is 1. The maximum atomic E-state index is 13.2. The van der Waals surface area contributed by atoms with Gasteiger partial charge in [-0.05, 0) is 54.1 Å². The van der Waals surface area contributed by atoms with Crippen molar-refractivity contribution in [1.29, 1.82) is 0 Å². The van der Waals surface area contributed by atoms with Crippen molar-refractivity contribution in [3.8, 4) is 5.69 Å². The quantitative estimate of drug-likeness (QED) is 0.451. The van der Waals surface area contributed by atoms with Crippen LogP contribution < -0.4 is 0 Å². The highest BCUT2D eigenvalue weighted by atomic mass is 19.4. The monoisotopic (exact) mass is 414 g/mol. The van der Waals surface area contributed by atoms with Gasteiger partial charge in [0.1, 0.15) is 11.6 Å². The molecular formula is C22H14F4N2O2. The lowest BCUT2D eigenvalue weighted by molar-refractivity contribution is -0.137. The Balaban J connectivity index is 1.91. The number of hydrogen-bond acceptors (Lipinski definition) is 2. The average Bonchev–Trinajstić information content (AvgIpc) is 3.06. The molecule has 0 unspecified atom stereocenters. The van der Waals surface area contributed by atoms with Crippen LogP contribution in [0.2, 0.25) is 0 Å². The summed E-state index contributed by atoms with van der Waals surface area (Å²) in [6, 6.07) is 15.0. The molecule has 152 valence electrons. The first-order valence-electron chi connectivity index (χ1n) is 8.89. The van der Waals surface area contributed by atoms with E-state index in [9.17, 15) is 27.5 Å². The number of fused-ring (bicyclic) bond motifs is 1. The molecule has 0 amide bonds. The Kier molecular flexibility index (Phi) is 4.77. The standard InChI is InChI=1S/C22H14F4N2O2/c23-16-7-4-13(5-8-16)10-20-27-18-12-15(22(24,25)26)6-9-19(18)28(20)17-3-1-2-14(11-17)21(29)30/h1-9,11-12H,10H2,(H,29,30). The summed E-state index contributed by atoms with van der Waals surface area (Å²) in [6.45, 7) is 0. The number of aromatic nitrogens is 2. The molecule has 8 heteroatoms. The topological polar surface area (TPSA) is 55.1 Å². The number of carbonyl (C=O) groups is 1. The highest BCUT2D eigenvalue weighted by Gasteiger charge is 2.31. The van der Waals surface area contributed by atoms with Gasteiger partial charge >= 0.3 is 12.1 Å². The van der Waals surface area contributed by atoms with Crippen LogP contribution >= 0.6 is 0 Å². The molecular weight excluding hydrogens is 400 g/mol. The molecule has 0 fully saturated rings.